The summed E-state index contributed by atoms with van der Waals surface area (Å²) in [4.78, 5) is 0.250. The third kappa shape index (κ3) is 5.20. The summed E-state index contributed by atoms with van der Waals surface area (Å²) < 4.78 is 26.9. The van der Waals surface area contributed by atoms with Crippen molar-refractivity contribution in [3.63, 3.8) is 0 Å². The Hall–Kier alpha value is -2.16. The molecule has 0 aliphatic rings. The van der Waals surface area contributed by atoms with Crippen LogP contribution in [-0.2, 0) is 16.4 Å². The molecule has 0 saturated carbocycles. The fraction of sp³-hybridized carbons (Fsp3) is 0.278. The van der Waals surface area contributed by atoms with Gasteiger partial charge in [-0.3, -0.25) is 0 Å². The maximum Gasteiger partial charge on any atom is 0.240 e. The van der Waals surface area contributed by atoms with Crippen molar-refractivity contribution < 1.29 is 8.42 Å². The van der Waals surface area contributed by atoms with E-state index in [1.807, 2.05) is 37.3 Å². The van der Waals surface area contributed by atoms with Gasteiger partial charge in [-0.1, -0.05) is 48.0 Å². The molecule has 23 heavy (non-hydrogen) atoms. The van der Waals surface area contributed by atoms with E-state index in [9.17, 15) is 13.7 Å². The summed E-state index contributed by atoms with van der Waals surface area (Å²) >= 11 is 0. The van der Waals surface area contributed by atoms with Crippen LogP contribution in [0.5, 0.6) is 0 Å². The highest BCUT2D eigenvalue weighted by molar-refractivity contribution is 7.89. The van der Waals surface area contributed by atoms with Gasteiger partial charge in [-0.05, 0) is 37.5 Å². The van der Waals surface area contributed by atoms with Crippen LogP contribution in [0.4, 0.5) is 0 Å². The fourth-order valence-corrected chi connectivity index (χ4v) is 3.33. The number of aryl methyl sites for hydroxylation is 1. The third-order valence-electron chi connectivity index (χ3n) is 3.62. The summed E-state index contributed by atoms with van der Waals surface area (Å²) in [5.41, 5.74) is 2.09. The Balaban J connectivity index is 1.90. The van der Waals surface area contributed by atoms with Crippen LogP contribution in [0.15, 0.2) is 59.5 Å². The molecule has 5 heteroatoms. The minimum Gasteiger partial charge on any atom is -0.211 e. The molecule has 0 aromatic heterocycles. The number of nitriles is 1. The molecule has 0 saturated heterocycles. The Bertz CT molecular complexity index is 763. The number of hydrogen-bond acceptors (Lipinski definition) is 3. The van der Waals surface area contributed by atoms with Gasteiger partial charge in [0.1, 0.15) is 0 Å². The molecule has 0 bridgehead atoms. The van der Waals surface area contributed by atoms with Gasteiger partial charge in [-0.15, -0.1) is 0 Å². The highest BCUT2D eigenvalue weighted by atomic mass is 32.2. The summed E-state index contributed by atoms with van der Waals surface area (Å²) in [6, 6.07) is 18.7. The van der Waals surface area contributed by atoms with Gasteiger partial charge < -0.3 is 0 Å². The smallest absolute Gasteiger partial charge is 0.211 e. The minimum atomic E-state index is -3.51. The number of rotatable bonds is 7. The minimum absolute atomic E-state index is 0.210. The first kappa shape index (κ1) is 17.2. The van der Waals surface area contributed by atoms with Crippen molar-refractivity contribution in [1.82, 2.24) is 4.72 Å². The monoisotopic (exact) mass is 328 g/mol. The van der Waals surface area contributed by atoms with Crippen LogP contribution in [0, 0.1) is 24.2 Å². The van der Waals surface area contributed by atoms with Gasteiger partial charge in [0.25, 0.3) is 0 Å². The van der Waals surface area contributed by atoms with Crippen LogP contribution in [0.2, 0.25) is 0 Å². The highest BCUT2D eigenvalue weighted by Gasteiger charge is 2.15. The fourth-order valence-electron chi connectivity index (χ4n) is 2.28. The summed E-state index contributed by atoms with van der Waals surface area (Å²) in [6.07, 6.45) is 1.11. The van der Waals surface area contributed by atoms with Crippen molar-refractivity contribution in [2.45, 2.75) is 24.7 Å². The van der Waals surface area contributed by atoms with Crippen molar-refractivity contribution >= 4 is 10.0 Å². The summed E-state index contributed by atoms with van der Waals surface area (Å²) in [6.45, 7) is 2.16. The predicted molar refractivity (Wildman–Crippen MR) is 90.2 cm³/mol. The first-order valence-corrected chi connectivity index (χ1v) is 8.99. The Morgan fingerprint density at radius 3 is 2.35 bits per heavy atom. The zero-order valence-electron chi connectivity index (χ0n) is 13.1. The molecule has 0 unspecified atom stereocenters. The van der Waals surface area contributed by atoms with E-state index < -0.39 is 10.0 Å². The maximum atomic E-state index is 12.2. The van der Waals surface area contributed by atoms with Crippen LogP contribution in [0.3, 0.4) is 0 Å². The molecule has 0 amide bonds. The van der Waals surface area contributed by atoms with E-state index in [1.54, 1.807) is 24.3 Å². The Labute approximate surface area is 137 Å². The normalized spacial score (nSPS) is 12.5. The zero-order valence-corrected chi connectivity index (χ0v) is 13.9. The molecule has 2 rings (SSSR count). The lowest BCUT2D eigenvalue weighted by atomic mass is 9.98. The maximum absolute atomic E-state index is 12.2. The third-order valence-corrected chi connectivity index (χ3v) is 5.10. The van der Waals surface area contributed by atoms with Gasteiger partial charge in [0.2, 0.25) is 10.0 Å². The Morgan fingerprint density at radius 2 is 1.74 bits per heavy atom. The van der Waals surface area contributed by atoms with Gasteiger partial charge in [0, 0.05) is 6.54 Å². The van der Waals surface area contributed by atoms with Crippen molar-refractivity contribution in [1.29, 1.82) is 5.26 Å². The molecule has 0 aliphatic carbocycles. The van der Waals surface area contributed by atoms with Crippen LogP contribution < -0.4 is 4.72 Å². The van der Waals surface area contributed by atoms with Crippen molar-refractivity contribution in [3.05, 3.63) is 65.7 Å². The topological polar surface area (TPSA) is 70.0 Å². The first-order chi connectivity index (χ1) is 11.0. The second kappa shape index (κ2) is 7.91. The number of benzene rings is 2. The molecule has 1 atom stereocenters. The lowest BCUT2D eigenvalue weighted by molar-refractivity contribution is 0.557. The molecule has 0 spiro atoms. The lowest BCUT2D eigenvalue weighted by Crippen LogP contribution is -2.26. The molecule has 4 nitrogen and oxygen atoms in total. The second-order valence-corrected chi connectivity index (χ2v) is 7.28. The van der Waals surface area contributed by atoms with Crippen molar-refractivity contribution in [2.24, 2.45) is 5.92 Å². The number of sulfonamides is 1. The van der Waals surface area contributed by atoms with Gasteiger partial charge in [0.05, 0.1) is 16.9 Å². The van der Waals surface area contributed by atoms with E-state index in [1.165, 1.54) is 0 Å². The van der Waals surface area contributed by atoms with Crippen LogP contribution >= 0.6 is 0 Å². The molecule has 2 aromatic carbocycles. The van der Waals surface area contributed by atoms with Gasteiger partial charge in [-0.2, -0.15) is 5.26 Å². The van der Waals surface area contributed by atoms with E-state index in [4.69, 9.17) is 0 Å². The average molecular weight is 328 g/mol. The zero-order chi connectivity index (χ0) is 16.7. The second-order valence-electron chi connectivity index (χ2n) is 5.52. The van der Waals surface area contributed by atoms with E-state index in [0.717, 1.165) is 11.1 Å². The molecule has 1 N–H and O–H groups in total. The van der Waals surface area contributed by atoms with Crippen molar-refractivity contribution in [3.8, 4) is 6.07 Å². The molecular weight excluding hydrogens is 308 g/mol. The largest absolute Gasteiger partial charge is 0.240 e. The summed E-state index contributed by atoms with van der Waals surface area (Å²) in [7, 11) is -3.51. The highest BCUT2D eigenvalue weighted by Crippen LogP contribution is 2.13. The van der Waals surface area contributed by atoms with Crippen LogP contribution in [-0.4, -0.2) is 15.0 Å². The van der Waals surface area contributed by atoms with Crippen molar-refractivity contribution in [2.75, 3.05) is 6.54 Å². The first-order valence-electron chi connectivity index (χ1n) is 7.51. The lowest BCUT2D eigenvalue weighted by Gasteiger charge is -2.11. The molecule has 0 radical (unpaired) electrons. The Kier molecular flexibility index (Phi) is 5.91. The van der Waals surface area contributed by atoms with E-state index in [-0.39, 0.29) is 17.4 Å². The SMILES string of the molecule is Cc1ccc(S(=O)(=O)NCC[C@H](C#N)Cc2ccccc2)cc1. The van der Waals surface area contributed by atoms with Gasteiger partial charge in [0.15, 0.2) is 0 Å². The molecule has 0 fully saturated rings. The molecule has 2 aromatic rings. The standard InChI is InChI=1S/C18H20N2O2S/c1-15-7-9-18(10-8-15)23(21,22)20-12-11-17(14-19)13-16-5-3-2-4-6-16/h2-10,17,20H,11-13H2,1H3/t17-/m0/s1. The number of nitrogens with zero attached hydrogens (tertiary/aromatic N) is 1. The molecule has 0 heterocycles. The molecule has 0 aliphatic heterocycles. The number of hydrogen-bond donors (Lipinski definition) is 1. The molecular formula is C18H20N2O2S. The summed E-state index contributed by atoms with van der Waals surface area (Å²) in [5, 5.41) is 9.24. The summed E-state index contributed by atoms with van der Waals surface area (Å²) in [5.74, 6) is -0.210. The average Bonchev–Trinajstić information content (AvgIpc) is 2.55. The van der Waals surface area contributed by atoms with Gasteiger partial charge in [-0.25, -0.2) is 13.1 Å². The Morgan fingerprint density at radius 1 is 1.09 bits per heavy atom. The van der Waals surface area contributed by atoms with Crippen LogP contribution in [0.1, 0.15) is 17.5 Å². The van der Waals surface area contributed by atoms with E-state index in [2.05, 4.69) is 10.8 Å². The van der Waals surface area contributed by atoms with Gasteiger partial charge >= 0.3 is 0 Å². The van der Waals surface area contributed by atoms with Crippen LogP contribution in [0.25, 0.3) is 0 Å². The molecule has 120 valence electrons. The van der Waals surface area contributed by atoms with E-state index in [0.29, 0.717) is 12.8 Å². The predicted octanol–water partition coefficient (Wildman–Crippen LogP) is 3.05. The number of nitrogens with one attached hydrogen (secondary N) is 1. The van der Waals surface area contributed by atoms with E-state index >= 15 is 0 Å². The quantitative estimate of drug-likeness (QED) is 0.849.